The highest BCUT2D eigenvalue weighted by Gasteiger charge is 2.17. The highest BCUT2D eigenvalue weighted by Crippen LogP contribution is 2.20. The van der Waals surface area contributed by atoms with E-state index in [2.05, 4.69) is 27.0 Å². The number of imidazole rings is 1. The normalized spacial score (nSPS) is 11.8. The van der Waals surface area contributed by atoms with Crippen LogP contribution in [-0.4, -0.2) is 35.6 Å². The molecular formula is C20H19N5O3S. The molecule has 1 N–H and O–H groups in total. The number of benzene rings is 1. The molecule has 0 fully saturated rings. The number of carbonyl (C=O) groups excluding carboxylic acids is 1. The van der Waals surface area contributed by atoms with E-state index in [1.807, 2.05) is 0 Å². The van der Waals surface area contributed by atoms with Crippen LogP contribution in [0.4, 0.5) is 5.95 Å². The van der Waals surface area contributed by atoms with E-state index in [1.165, 1.54) is 30.6 Å². The summed E-state index contributed by atoms with van der Waals surface area (Å²) in [5.41, 5.74) is 1.23. The van der Waals surface area contributed by atoms with E-state index >= 15 is 0 Å². The minimum absolute atomic E-state index is 0.134. The third-order valence-electron chi connectivity index (χ3n) is 4.11. The number of nitrogens with one attached hydrogen (secondary N) is 1. The first kappa shape index (κ1) is 20.2. The number of rotatable bonds is 7. The van der Waals surface area contributed by atoms with Crippen molar-refractivity contribution in [3.05, 3.63) is 72.3 Å². The van der Waals surface area contributed by atoms with Crippen LogP contribution in [0.3, 0.4) is 0 Å². The third-order valence-corrected chi connectivity index (χ3v) is 5.87. The van der Waals surface area contributed by atoms with Crippen molar-refractivity contribution in [3.8, 4) is 0 Å². The monoisotopic (exact) mass is 409 g/mol. The second-order valence-corrected chi connectivity index (χ2v) is 8.07. The van der Waals surface area contributed by atoms with Gasteiger partial charge in [-0.1, -0.05) is 12.1 Å². The smallest absolute Gasteiger partial charge is 0.248 e. The molecule has 0 radical (unpaired) electrons. The lowest BCUT2D eigenvalue weighted by Crippen LogP contribution is -2.23. The molecule has 0 unspecified atom stereocenters. The molecule has 0 spiro atoms. The van der Waals surface area contributed by atoms with E-state index in [0.29, 0.717) is 11.5 Å². The zero-order valence-corrected chi connectivity index (χ0v) is 16.5. The Morgan fingerprint density at radius 2 is 1.97 bits per heavy atom. The number of carbonyl (C=O) groups is 1. The number of hydrogen-bond acceptors (Lipinski definition) is 6. The Balaban J connectivity index is 1.66. The van der Waals surface area contributed by atoms with Crippen molar-refractivity contribution in [2.24, 2.45) is 4.99 Å². The number of sulfone groups is 1. The SMILES string of the molecule is C=Nc1nccn1/C=C(\C)C(=O)NCc1ccc(S(=O)(=O)c2cccnc2)cc1. The summed E-state index contributed by atoms with van der Waals surface area (Å²) in [5, 5.41) is 2.79. The molecule has 0 aliphatic heterocycles. The number of amides is 1. The lowest BCUT2D eigenvalue weighted by molar-refractivity contribution is -0.117. The first-order valence-corrected chi connectivity index (χ1v) is 10.1. The Bertz CT molecular complexity index is 1150. The van der Waals surface area contributed by atoms with Crippen LogP contribution in [0.15, 0.2) is 81.5 Å². The number of aliphatic imine (C=N–C) groups is 1. The second kappa shape index (κ2) is 8.61. The van der Waals surface area contributed by atoms with Gasteiger partial charge in [0.2, 0.25) is 21.7 Å². The van der Waals surface area contributed by atoms with Crippen LogP contribution in [0.25, 0.3) is 6.20 Å². The van der Waals surface area contributed by atoms with Gasteiger partial charge in [-0.15, -0.1) is 0 Å². The van der Waals surface area contributed by atoms with Crippen LogP contribution in [0, 0.1) is 0 Å². The van der Waals surface area contributed by atoms with Gasteiger partial charge in [-0.3, -0.25) is 14.3 Å². The molecule has 29 heavy (non-hydrogen) atoms. The van der Waals surface area contributed by atoms with E-state index in [4.69, 9.17) is 0 Å². The Hall–Kier alpha value is -3.59. The van der Waals surface area contributed by atoms with Gasteiger partial charge in [0, 0.05) is 43.1 Å². The van der Waals surface area contributed by atoms with Gasteiger partial charge >= 0.3 is 0 Å². The van der Waals surface area contributed by atoms with Gasteiger partial charge in [-0.05, 0) is 43.5 Å². The Labute approximate surface area is 168 Å². The molecule has 1 aromatic carbocycles. The van der Waals surface area contributed by atoms with Gasteiger partial charge in [0.1, 0.15) is 0 Å². The minimum atomic E-state index is -3.62. The van der Waals surface area contributed by atoms with Crippen LogP contribution in [0.2, 0.25) is 0 Å². The summed E-state index contributed by atoms with van der Waals surface area (Å²) in [4.78, 5) is 24.2. The van der Waals surface area contributed by atoms with E-state index in [9.17, 15) is 13.2 Å². The first-order chi connectivity index (χ1) is 13.9. The Morgan fingerprint density at radius 1 is 1.21 bits per heavy atom. The van der Waals surface area contributed by atoms with Crippen molar-refractivity contribution >= 4 is 34.6 Å². The van der Waals surface area contributed by atoms with Gasteiger partial charge in [0.25, 0.3) is 0 Å². The average molecular weight is 409 g/mol. The summed E-state index contributed by atoms with van der Waals surface area (Å²) in [6.45, 7) is 5.36. The van der Waals surface area contributed by atoms with Crippen molar-refractivity contribution < 1.29 is 13.2 Å². The summed E-state index contributed by atoms with van der Waals surface area (Å²) in [5.74, 6) is 0.128. The Kier molecular flexibility index (Phi) is 5.99. The van der Waals surface area contributed by atoms with E-state index in [-0.39, 0.29) is 22.2 Å². The van der Waals surface area contributed by atoms with Crippen molar-refractivity contribution in [2.75, 3.05) is 0 Å². The lowest BCUT2D eigenvalue weighted by Gasteiger charge is -2.08. The van der Waals surface area contributed by atoms with Crippen LogP contribution >= 0.6 is 0 Å². The van der Waals surface area contributed by atoms with Crippen LogP contribution in [-0.2, 0) is 21.2 Å². The fourth-order valence-electron chi connectivity index (χ4n) is 2.55. The van der Waals surface area contributed by atoms with Crippen molar-refractivity contribution in [3.63, 3.8) is 0 Å². The van der Waals surface area contributed by atoms with Gasteiger partial charge in [-0.2, -0.15) is 0 Å². The molecule has 0 aliphatic carbocycles. The zero-order chi connectivity index (χ0) is 20.9. The maximum Gasteiger partial charge on any atom is 0.248 e. The van der Waals surface area contributed by atoms with E-state index < -0.39 is 9.84 Å². The third kappa shape index (κ3) is 4.64. The first-order valence-electron chi connectivity index (χ1n) is 8.62. The summed E-state index contributed by atoms with van der Waals surface area (Å²) in [7, 11) is -3.62. The van der Waals surface area contributed by atoms with Crippen molar-refractivity contribution in [1.29, 1.82) is 0 Å². The molecule has 3 rings (SSSR count). The predicted molar refractivity (Wildman–Crippen MR) is 109 cm³/mol. The fraction of sp³-hybridized carbons (Fsp3) is 0.100. The summed E-state index contributed by atoms with van der Waals surface area (Å²) >= 11 is 0. The van der Waals surface area contributed by atoms with Crippen LogP contribution in [0.5, 0.6) is 0 Å². The molecule has 0 atom stereocenters. The topological polar surface area (TPSA) is 106 Å². The molecule has 9 heteroatoms. The molecule has 0 bridgehead atoms. The maximum absolute atomic E-state index is 12.6. The molecule has 2 aromatic heterocycles. The van der Waals surface area contributed by atoms with Crippen LogP contribution < -0.4 is 5.32 Å². The molecule has 8 nitrogen and oxygen atoms in total. The van der Waals surface area contributed by atoms with Crippen molar-refractivity contribution in [2.45, 2.75) is 23.3 Å². The fourth-order valence-corrected chi connectivity index (χ4v) is 3.77. The van der Waals surface area contributed by atoms with E-state index in [0.717, 1.165) is 5.56 Å². The number of hydrogen-bond donors (Lipinski definition) is 1. The van der Waals surface area contributed by atoms with Gasteiger partial charge in [-0.25, -0.2) is 18.4 Å². The zero-order valence-electron chi connectivity index (χ0n) is 15.7. The largest absolute Gasteiger partial charge is 0.348 e. The molecule has 148 valence electrons. The van der Waals surface area contributed by atoms with Gasteiger partial charge < -0.3 is 5.32 Å². The van der Waals surface area contributed by atoms with Crippen molar-refractivity contribution in [1.82, 2.24) is 19.9 Å². The highest BCUT2D eigenvalue weighted by molar-refractivity contribution is 7.91. The van der Waals surface area contributed by atoms with Gasteiger partial charge in [0.15, 0.2) is 0 Å². The lowest BCUT2D eigenvalue weighted by atomic mass is 10.2. The average Bonchev–Trinajstić information content (AvgIpc) is 3.20. The molecule has 0 aliphatic rings. The van der Waals surface area contributed by atoms with Gasteiger partial charge in [0.05, 0.1) is 9.79 Å². The standard InChI is InChI=1S/C20H19N5O3S/c1-15(14-25-11-10-23-20(25)21-2)19(26)24-12-16-5-7-17(8-6-16)29(27,28)18-4-3-9-22-13-18/h3-11,13-14H,2,12H2,1H3,(H,24,26)/b15-14+. The highest BCUT2D eigenvalue weighted by atomic mass is 32.2. The summed E-state index contributed by atoms with van der Waals surface area (Å²) in [6, 6.07) is 9.43. The molecule has 0 saturated carbocycles. The number of aromatic nitrogens is 3. The summed E-state index contributed by atoms with van der Waals surface area (Å²) < 4.78 is 26.7. The molecule has 0 saturated heterocycles. The second-order valence-electron chi connectivity index (χ2n) is 6.12. The number of pyridine rings is 1. The van der Waals surface area contributed by atoms with E-state index in [1.54, 1.807) is 48.3 Å². The minimum Gasteiger partial charge on any atom is -0.348 e. The molecule has 3 aromatic rings. The Morgan fingerprint density at radius 3 is 2.62 bits per heavy atom. The predicted octanol–water partition coefficient (Wildman–Crippen LogP) is 2.62. The molecule has 2 heterocycles. The maximum atomic E-state index is 12.6. The molecular weight excluding hydrogens is 390 g/mol. The number of nitrogens with zero attached hydrogens (tertiary/aromatic N) is 4. The molecule has 1 amide bonds. The quantitative estimate of drug-likeness (QED) is 0.477. The van der Waals surface area contributed by atoms with Crippen LogP contribution in [0.1, 0.15) is 12.5 Å². The summed E-state index contributed by atoms with van der Waals surface area (Å²) in [6.07, 6.45) is 7.67.